The number of carbonyl (C=O) groups excluding carboxylic acids is 1. The first-order valence-corrected chi connectivity index (χ1v) is 8.44. The SMILES string of the molecule is CCSc1cccc(NCCC(=O)NC(C)C)c1C(N)=S. The summed E-state index contributed by atoms with van der Waals surface area (Å²) in [7, 11) is 0. The fourth-order valence-electron chi connectivity index (χ4n) is 1.91. The summed E-state index contributed by atoms with van der Waals surface area (Å²) in [6, 6.07) is 6.08. The zero-order valence-electron chi connectivity index (χ0n) is 12.7. The molecule has 0 fully saturated rings. The van der Waals surface area contributed by atoms with Crippen molar-refractivity contribution in [2.24, 2.45) is 5.73 Å². The fraction of sp³-hybridized carbons (Fsp3) is 0.467. The lowest BCUT2D eigenvalue weighted by molar-refractivity contribution is -0.121. The molecule has 0 atom stereocenters. The number of hydrogen-bond donors (Lipinski definition) is 3. The van der Waals surface area contributed by atoms with E-state index in [0.717, 1.165) is 21.9 Å². The Bertz CT molecular complexity index is 504. The van der Waals surface area contributed by atoms with Gasteiger partial charge in [-0.3, -0.25) is 4.79 Å². The van der Waals surface area contributed by atoms with E-state index in [1.54, 1.807) is 11.8 Å². The van der Waals surface area contributed by atoms with E-state index in [0.29, 0.717) is 18.0 Å². The summed E-state index contributed by atoms with van der Waals surface area (Å²) in [4.78, 5) is 13.1. The molecule has 0 aliphatic rings. The minimum Gasteiger partial charge on any atom is -0.389 e. The summed E-state index contributed by atoms with van der Waals surface area (Å²) >= 11 is 6.86. The van der Waals surface area contributed by atoms with Crippen molar-refractivity contribution in [3.8, 4) is 0 Å². The van der Waals surface area contributed by atoms with Gasteiger partial charge in [0.25, 0.3) is 0 Å². The lowest BCUT2D eigenvalue weighted by Crippen LogP contribution is -2.31. The van der Waals surface area contributed by atoms with E-state index in [4.69, 9.17) is 18.0 Å². The van der Waals surface area contributed by atoms with Gasteiger partial charge in [-0.1, -0.05) is 25.2 Å². The van der Waals surface area contributed by atoms with Gasteiger partial charge in [-0.15, -0.1) is 11.8 Å². The van der Waals surface area contributed by atoms with Gasteiger partial charge in [0.05, 0.1) is 0 Å². The van der Waals surface area contributed by atoms with Gasteiger partial charge in [0.2, 0.25) is 5.91 Å². The Labute approximate surface area is 136 Å². The minimum atomic E-state index is 0.0356. The van der Waals surface area contributed by atoms with Crippen LogP contribution in [0.2, 0.25) is 0 Å². The van der Waals surface area contributed by atoms with E-state index in [2.05, 4.69) is 17.6 Å². The highest BCUT2D eigenvalue weighted by Crippen LogP contribution is 2.28. The second kappa shape index (κ2) is 8.89. The summed E-state index contributed by atoms with van der Waals surface area (Å²) in [5.74, 6) is 0.990. The number of rotatable bonds is 8. The molecular formula is C15H23N3OS2. The van der Waals surface area contributed by atoms with Crippen molar-refractivity contribution in [1.82, 2.24) is 5.32 Å². The molecule has 1 rings (SSSR count). The quantitative estimate of drug-likeness (QED) is 0.506. The topological polar surface area (TPSA) is 67.2 Å². The van der Waals surface area contributed by atoms with Crippen LogP contribution >= 0.6 is 24.0 Å². The number of benzene rings is 1. The first-order valence-electron chi connectivity index (χ1n) is 7.04. The highest BCUT2D eigenvalue weighted by molar-refractivity contribution is 7.99. The van der Waals surface area contributed by atoms with Crippen molar-refractivity contribution in [1.29, 1.82) is 0 Å². The van der Waals surface area contributed by atoms with Gasteiger partial charge >= 0.3 is 0 Å². The number of thiocarbonyl (C=S) groups is 1. The molecule has 0 bridgehead atoms. The second-order valence-corrected chi connectivity index (χ2v) is 6.62. The molecule has 0 saturated carbocycles. The molecule has 4 N–H and O–H groups in total. The highest BCUT2D eigenvalue weighted by Gasteiger charge is 2.11. The lowest BCUT2D eigenvalue weighted by atomic mass is 10.1. The monoisotopic (exact) mass is 325 g/mol. The average molecular weight is 326 g/mol. The van der Waals surface area contributed by atoms with E-state index in [-0.39, 0.29) is 11.9 Å². The van der Waals surface area contributed by atoms with Crippen LogP contribution in [-0.2, 0) is 4.79 Å². The number of nitrogens with two attached hydrogens (primary N) is 1. The van der Waals surface area contributed by atoms with Gasteiger partial charge in [-0.25, -0.2) is 0 Å². The molecule has 0 heterocycles. The second-order valence-electron chi connectivity index (χ2n) is 4.87. The van der Waals surface area contributed by atoms with Crippen LogP contribution < -0.4 is 16.4 Å². The predicted octanol–water partition coefficient (Wildman–Crippen LogP) is 2.76. The molecule has 4 nitrogen and oxygen atoms in total. The first kappa shape index (κ1) is 17.8. The Morgan fingerprint density at radius 3 is 2.71 bits per heavy atom. The normalized spacial score (nSPS) is 10.5. The molecule has 1 aromatic carbocycles. The third kappa shape index (κ3) is 5.93. The Morgan fingerprint density at radius 1 is 1.43 bits per heavy atom. The van der Waals surface area contributed by atoms with Crippen molar-refractivity contribution < 1.29 is 4.79 Å². The van der Waals surface area contributed by atoms with Crippen LogP contribution in [0.1, 0.15) is 32.8 Å². The Hall–Kier alpha value is -1.27. The van der Waals surface area contributed by atoms with Gasteiger partial charge in [0.1, 0.15) is 4.99 Å². The molecule has 1 amide bonds. The first-order chi connectivity index (χ1) is 9.95. The van der Waals surface area contributed by atoms with Crippen molar-refractivity contribution in [2.45, 2.75) is 38.1 Å². The smallest absolute Gasteiger partial charge is 0.221 e. The molecule has 0 spiro atoms. The van der Waals surface area contributed by atoms with Gasteiger partial charge in [0.15, 0.2) is 0 Å². The maximum absolute atomic E-state index is 11.6. The van der Waals surface area contributed by atoms with Crippen LogP contribution in [0.25, 0.3) is 0 Å². The third-order valence-corrected chi connectivity index (χ3v) is 3.83. The van der Waals surface area contributed by atoms with Gasteiger partial charge in [0, 0.05) is 35.2 Å². The van der Waals surface area contributed by atoms with E-state index in [1.807, 2.05) is 32.0 Å². The zero-order valence-corrected chi connectivity index (χ0v) is 14.4. The fourth-order valence-corrected chi connectivity index (χ4v) is 3.05. The lowest BCUT2D eigenvalue weighted by Gasteiger charge is -2.15. The molecule has 0 saturated heterocycles. The van der Waals surface area contributed by atoms with Crippen LogP contribution in [0.3, 0.4) is 0 Å². The van der Waals surface area contributed by atoms with Crippen LogP contribution in [-0.4, -0.2) is 29.2 Å². The van der Waals surface area contributed by atoms with Crippen LogP contribution in [0.15, 0.2) is 23.1 Å². The molecule has 0 aliphatic heterocycles. The summed E-state index contributed by atoms with van der Waals surface area (Å²) in [5, 5.41) is 6.12. The maximum atomic E-state index is 11.6. The number of thioether (sulfide) groups is 1. The van der Waals surface area contributed by atoms with Crippen molar-refractivity contribution in [3.63, 3.8) is 0 Å². The number of amides is 1. The Morgan fingerprint density at radius 2 is 2.14 bits per heavy atom. The van der Waals surface area contributed by atoms with Gasteiger partial charge in [-0.2, -0.15) is 0 Å². The molecule has 1 aromatic rings. The molecule has 0 aromatic heterocycles. The number of carbonyl (C=O) groups is 1. The van der Waals surface area contributed by atoms with E-state index in [1.165, 1.54) is 0 Å². The molecule has 21 heavy (non-hydrogen) atoms. The molecule has 0 aliphatic carbocycles. The van der Waals surface area contributed by atoms with Crippen LogP contribution in [0.4, 0.5) is 5.69 Å². The van der Waals surface area contributed by atoms with E-state index >= 15 is 0 Å². The largest absolute Gasteiger partial charge is 0.389 e. The summed E-state index contributed by atoms with van der Waals surface area (Å²) in [6.07, 6.45) is 0.417. The molecular weight excluding hydrogens is 302 g/mol. The number of nitrogens with one attached hydrogen (secondary N) is 2. The highest BCUT2D eigenvalue weighted by atomic mass is 32.2. The van der Waals surface area contributed by atoms with Crippen molar-refractivity contribution in [3.05, 3.63) is 23.8 Å². The van der Waals surface area contributed by atoms with Crippen LogP contribution in [0, 0.1) is 0 Å². The zero-order chi connectivity index (χ0) is 15.8. The summed E-state index contributed by atoms with van der Waals surface area (Å²) in [6.45, 7) is 6.53. The van der Waals surface area contributed by atoms with Crippen molar-refractivity contribution in [2.75, 3.05) is 17.6 Å². The van der Waals surface area contributed by atoms with Crippen LogP contribution in [0.5, 0.6) is 0 Å². The predicted molar refractivity (Wildman–Crippen MR) is 95.1 cm³/mol. The van der Waals surface area contributed by atoms with Gasteiger partial charge < -0.3 is 16.4 Å². The molecule has 0 unspecified atom stereocenters. The Kier molecular flexibility index (Phi) is 7.53. The third-order valence-electron chi connectivity index (χ3n) is 2.69. The average Bonchev–Trinajstić information content (AvgIpc) is 2.38. The summed E-state index contributed by atoms with van der Waals surface area (Å²) < 4.78 is 0. The van der Waals surface area contributed by atoms with Crippen molar-refractivity contribution >= 4 is 40.6 Å². The molecule has 116 valence electrons. The van der Waals surface area contributed by atoms with E-state index < -0.39 is 0 Å². The minimum absolute atomic E-state index is 0.0356. The Balaban J connectivity index is 2.72. The maximum Gasteiger partial charge on any atom is 0.221 e. The summed E-state index contributed by atoms with van der Waals surface area (Å²) in [5.41, 5.74) is 7.59. The standard InChI is InChI=1S/C15H23N3OS2/c1-4-21-12-7-5-6-11(14(12)15(16)20)17-9-8-13(19)18-10(2)3/h5-7,10,17H,4,8-9H2,1-3H3,(H2,16,20)(H,18,19). The number of hydrogen-bond acceptors (Lipinski definition) is 4. The molecule has 6 heteroatoms. The molecule has 0 radical (unpaired) electrons. The number of anilines is 1. The van der Waals surface area contributed by atoms with E-state index in [9.17, 15) is 4.79 Å². The van der Waals surface area contributed by atoms with Gasteiger partial charge in [-0.05, 0) is 31.7 Å².